The number of carbonyl (C=O) groups excluding carboxylic acids is 1. The maximum Gasteiger partial charge on any atom is 0.223 e. The van der Waals surface area contributed by atoms with Crippen molar-refractivity contribution < 1.29 is 14.3 Å². The summed E-state index contributed by atoms with van der Waals surface area (Å²) in [7, 11) is 0. The molecule has 0 saturated carbocycles. The monoisotopic (exact) mass is 404 g/mol. The third-order valence-corrected chi connectivity index (χ3v) is 6.98. The maximum atomic E-state index is 12.7. The summed E-state index contributed by atoms with van der Waals surface area (Å²) in [5, 5.41) is 3.27. The molecule has 2 aliphatic heterocycles. The van der Waals surface area contributed by atoms with Gasteiger partial charge in [0.05, 0.1) is 5.01 Å². The number of ether oxygens (including phenoxy) is 2. The van der Waals surface area contributed by atoms with Gasteiger partial charge in [-0.15, -0.1) is 23.1 Å². The Labute approximate surface area is 168 Å². The van der Waals surface area contributed by atoms with Gasteiger partial charge in [0.25, 0.3) is 0 Å². The zero-order valence-corrected chi connectivity index (χ0v) is 17.1. The van der Waals surface area contributed by atoms with Gasteiger partial charge in [-0.1, -0.05) is 0 Å². The fraction of sp³-hybridized carbons (Fsp3) is 0.500. The van der Waals surface area contributed by atoms with Gasteiger partial charge in [-0.2, -0.15) is 0 Å². The molecule has 0 bridgehead atoms. The normalized spacial score (nSPS) is 19.1. The number of fused-ring (bicyclic) bond motifs is 1. The van der Waals surface area contributed by atoms with Crippen molar-refractivity contribution in [3.05, 3.63) is 34.3 Å². The van der Waals surface area contributed by atoms with Gasteiger partial charge < -0.3 is 14.4 Å². The van der Waals surface area contributed by atoms with Crippen LogP contribution in [-0.4, -0.2) is 47.8 Å². The Morgan fingerprint density at radius 1 is 1.33 bits per heavy atom. The summed E-state index contributed by atoms with van der Waals surface area (Å²) in [6.07, 6.45) is 2.75. The van der Waals surface area contributed by atoms with E-state index in [2.05, 4.69) is 10.4 Å². The molecule has 4 rings (SSSR count). The van der Waals surface area contributed by atoms with E-state index in [9.17, 15) is 4.79 Å². The van der Waals surface area contributed by atoms with Crippen LogP contribution < -0.4 is 9.47 Å². The topological polar surface area (TPSA) is 51.7 Å². The number of benzene rings is 1. The Bertz CT molecular complexity index is 808. The minimum atomic E-state index is 0.248. The molecular formula is C20H24N2O3S2. The predicted octanol–water partition coefficient (Wildman–Crippen LogP) is 4.11. The Morgan fingerprint density at radius 3 is 3.00 bits per heavy atom. The first-order valence-corrected chi connectivity index (χ1v) is 11.3. The summed E-state index contributed by atoms with van der Waals surface area (Å²) in [6.45, 7) is 4.90. The summed E-state index contributed by atoms with van der Waals surface area (Å²) < 4.78 is 11.2. The number of hydrogen-bond acceptors (Lipinski definition) is 6. The lowest BCUT2D eigenvalue weighted by Crippen LogP contribution is -2.39. The molecule has 1 atom stereocenters. The Balaban J connectivity index is 1.27. The summed E-state index contributed by atoms with van der Waals surface area (Å²) in [6, 6.07) is 5.99. The molecule has 1 saturated heterocycles. The zero-order valence-electron chi connectivity index (χ0n) is 15.5. The van der Waals surface area contributed by atoms with E-state index >= 15 is 0 Å². The highest BCUT2D eigenvalue weighted by atomic mass is 32.2. The number of thioether (sulfide) groups is 1. The molecule has 144 valence electrons. The second-order valence-electron chi connectivity index (χ2n) is 6.91. The van der Waals surface area contributed by atoms with Crippen molar-refractivity contribution >= 4 is 29.0 Å². The number of thiazole rings is 1. The highest BCUT2D eigenvalue weighted by Gasteiger charge is 2.26. The summed E-state index contributed by atoms with van der Waals surface area (Å²) in [5.74, 6) is 3.02. The number of rotatable bonds is 5. The van der Waals surface area contributed by atoms with Gasteiger partial charge in [-0.05, 0) is 38.0 Å². The number of likely N-dealkylation sites (tertiary alicyclic amines) is 1. The van der Waals surface area contributed by atoms with E-state index in [1.54, 1.807) is 23.1 Å². The standard InChI is InChI=1S/C20H24N2O3S2/c1-14-13-27-20(21-14)15-3-2-7-22(12-15)19(23)6-10-26-16-4-5-17-18(11-16)25-9-8-24-17/h4-5,11,13,15H,2-3,6-10,12H2,1H3. The van der Waals surface area contributed by atoms with E-state index in [1.165, 1.54) is 5.01 Å². The molecular weight excluding hydrogens is 380 g/mol. The van der Waals surface area contributed by atoms with E-state index in [1.807, 2.05) is 30.0 Å². The SMILES string of the molecule is Cc1csc(C2CCCN(C(=O)CCSc3ccc4c(c3)OCCO4)C2)n1. The molecule has 2 aliphatic rings. The van der Waals surface area contributed by atoms with Crippen molar-refractivity contribution in [1.82, 2.24) is 9.88 Å². The first-order valence-electron chi connectivity index (χ1n) is 9.41. The molecule has 7 heteroatoms. The average Bonchev–Trinajstić information content (AvgIpc) is 3.14. The van der Waals surface area contributed by atoms with Crippen molar-refractivity contribution in [2.45, 2.75) is 37.0 Å². The van der Waals surface area contributed by atoms with Crippen LogP contribution in [0.2, 0.25) is 0 Å². The van der Waals surface area contributed by atoms with Gasteiger partial charge in [0.2, 0.25) is 5.91 Å². The van der Waals surface area contributed by atoms with Crippen molar-refractivity contribution in [3.8, 4) is 11.5 Å². The van der Waals surface area contributed by atoms with Gasteiger partial charge in [0.15, 0.2) is 11.5 Å². The predicted molar refractivity (Wildman–Crippen MR) is 108 cm³/mol. The van der Waals surface area contributed by atoms with E-state index in [0.29, 0.717) is 25.6 Å². The van der Waals surface area contributed by atoms with Gasteiger partial charge in [0.1, 0.15) is 13.2 Å². The highest BCUT2D eigenvalue weighted by Crippen LogP contribution is 2.34. The number of aryl methyl sites for hydroxylation is 1. The molecule has 3 heterocycles. The second-order valence-corrected chi connectivity index (χ2v) is 8.97. The molecule has 1 unspecified atom stereocenters. The van der Waals surface area contributed by atoms with Crippen LogP contribution in [0.3, 0.4) is 0 Å². The molecule has 1 amide bonds. The van der Waals surface area contributed by atoms with Crippen molar-refractivity contribution in [1.29, 1.82) is 0 Å². The maximum absolute atomic E-state index is 12.7. The summed E-state index contributed by atoms with van der Waals surface area (Å²) >= 11 is 3.41. The first-order chi connectivity index (χ1) is 13.2. The van der Waals surface area contributed by atoms with E-state index in [-0.39, 0.29) is 5.91 Å². The van der Waals surface area contributed by atoms with Gasteiger partial charge in [0, 0.05) is 47.2 Å². The van der Waals surface area contributed by atoms with Crippen LogP contribution in [0.4, 0.5) is 0 Å². The molecule has 0 spiro atoms. The molecule has 0 aliphatic carbocycles. The third-order valence-electron chi connectivity index (χ3n) is 4.86. The number of carbonyl (C=O) groups is 1. The van der Waals surface area contributed by atoms with Gasteiger partial charge in [-0.25, -0.2) is 4.98 Å². The van der Waals surface area contributed by atoms with Crippen LogP contribution in [-0.2, 0) is 4.79 Å². The summed E-state index contributed by atoms with van der Waals surface area (Å²) in [5.41, 5.74) is 1.08. The molecule has 1 fully saturated rings. The largest absolute Gasteiger partial charge is 0.486 e. The fourth-order valence-electron chi connectivity index (χ4n) is 3.49. The molecule has 0 N–H and O–H groups in total. The lowest BCUT2D eigenvalue weighted by molar-refractivity contribution is -0.131. The van der Waals surface area contributed by atoms with E-state index in [4.69, 9.17) is 9.47 Å². The highest BCUT2D eigenvalue weighted by molar-refractivity contribution is 7.99. The second kappa shape index (κ2) is 8.52. The zero-order chi connectivity index (χ0) is 18.6. The molecule has 2 aromatic rings. The Hall–Kier alpha value is -1.73. The van der Waals surface area contributed by atoms with Crippen LogP contribution >= 0.6 is 23.1 Å². The molecule has 0 radical (unpaired) electrons. The first kappa shape index (κ1) is 18.6. The van der Waals surface area contributed by atoms with Crippen LogP contribution in [0.1, 0.15) is 35.9 Å². The fourth-order valence-corrected chi connectivity index (χ4v) is 5.29. The smallest absolute Gasteiger partial charge is 0.223 e. The Morgan fingerprint density at radius 2 is 2.19 bits per heavy atom. The molecule has 1 aromatic heterocycles. The van der Waals surface area contributed by atoms with Gasteiger partial charge in [-0.3, -0.25) is 4.79 Å². The molecule has 5 nitrogen and oxygen atoms in total. The van der Waals surface area contributed by atoms with Crippen molar-refractivity contribution in [2.75, 3.05) is 32.1 Å². The minimum absolute atomic E-state index is 0.248. The number of nitrogens with zero attached hydrogens (tertiary/aromatic N) is 2. The quantitative estimate of drug-likeness (QED) is 0.702. The average molecular weight is 405 g/mol. The molecule has 1 aromatic carbocycles. The number of aromatic nitrogens is 1. The Kier molecular flexibility index (Phi) is 5.88. The number of amides is 1. The van der Waals surface area contributed by atoms with Crippen LogP contribution in [0.5, 0.6) is 11.5 Å². The van der Waals surface area contributed by atoms with Crippen molar-refractivity contribution in [3.63, 3.8) is 0 Å². The lowest BCUT2D eigenvalue weighted by atomic mass is 9.98. The number of hydrogen-bond donors (Lipinski definition) is 0. The molecule has 27 heavy (non-hydrogen) atoms. The van der Waals surface area contributed by atoms with Crippen LogP contribution in [0.15, 0.2) is 28.5 Å². The van der Waals surface area contributed by atoms with E-state index in [0.717, 1.165) is 53.8 Å². The van der Waals surface area contributed by atoms with E-state index < -0.39 is 0 Å². The number of piperidine rings is 1. The van der Waals surface area contributed by atoms with Crippen LogP contribution in [0, 0.1) is 6.92 Å². The van der Waals surface area contributed by atoms with Crippen molar-refractivity contribution in [2.24, 2.45) is 0 Å². The van der Waals surface area contributed by atoms with Crippen LogP contribution in [0.25, 0.3) is 0 Å². The lowest BCUT2D eigenvalue weighted by Gasteiger charge is -2.32. The minimum Gasteiger partial charge on any atom is -0.486 e. The summed E-state index contributed by atoms with van der Waals surface area (Å²) in [4.78, 5) is 20.4. The van der Waals surface area contributed by atoms with Gasteiger partial charge >= 0.3 is 0 Å². The third kappa shape index (κ3) is 4.58.